The zero-order chi connectivity index (χ0) is 20.9. The van der Waals surface area contributed by atoms with Crippen LogP contribution in [0.5, 0.6) is 17.4 Å². The maximum Gasteiger partial charge on any atom is 0.256 e. The summed E-state index contributed by atoms with van der Waals surface area (Å²) in [5, 5.41) is 2.88. The van der Waals surface area contributed by atoms with E-state index in [1.165, 1.54) is 0 Å². The normalized spacial score (nSPS) is 10.5. The molecule has 150 valence electrons. The van der Waals surface area contributed by atoms with Crippen LogP contribution >= 0.6 is 0 Å². The van der Waals surface area contributed by atoms with Gasteiger partial charge in [0, 0.05) is 37.1 Å². The number of nitrogens with one attached hydrogen (secondary N) is 1. The topological polar surface area (TPSA) is 78.3 Å². The van der Waals surface area contributed by atoms with Gasteiger partial charge in [-0.05, 0) is 24.3 Å². The highest BCUT2D eigenvalue weighted by Gasteiger charge is 2.15. The maximum absolute atomic E-state index is 12.9. The summed E-state index contributed by atoms with van der Waals surface area (Å²) in [7, 11) is 3.49. The van der Waals surface area contributed by atoms with Crippen LogP contribution < -0.4 is 14.8 Å². The van der Waals surface area contributed by atoms with Crippen molar-refractivity contribution in [3.05, 3.63) is 84.8 Å². The fourth-order valence-corrected chi connectivity index (χ4v) is 3.00. The molecule has 30 heavy (non-hydrogen) atoms. The Kier molecular flexibility index (Phi) is 5.43. The van der Waals surface area contributed by atoms with Crippen LogP contribution in [-0.4, -0.2) is 27.6 Å². The Morgan fingerprint density at radius 3 is 2.57 bits per heavy atom. The number of aryl methyl sites for hydroxylation is 1. The number of pyridine rings is 1. The van der Waals surface area contributed by atoms with Crippen molar-refractivity contribution in [1.82, 2.24) is 14.5 Å². The third kappa shape index (κ3) is 4.15. The van der Waals surface area contributed by atoms with Crippen LogP contribution in [0, 0.1) is 0 Å². The third-order valence-corrected chi connectivity index (χ3v) is 4.49. The van der Waals surface area contributed by atoms with Crippen LogP contribution in [0.1, 0.15) is 10.4 Å². The van der Waals surface area contributed by atoms with Crippen LogP contribution in [0.15, 0.2) is 79.3 Å². The number of nitrogens with zero attached hydrogens (tertiary/aromatic N) is 3. The van der Waals surface area contributed by atoms with Gasteiger partial charge < -0.3 is 19.4 Å². The minimum atomic E-state index is -0.239. The summed E-state index contributed by atoms with van der Waals surface area (Å²) < 4.78 is 12.8. The number of anilines is 1. The highest BCUT2D eigenvalue weighted by molar-refractivity contribution is 6.08. The third-order valence-electron chi connectivity index (χ3n) is 4.49. The number of carbonyl (C=O) groups is 1. The monoisotopic (exact) mass is 400 g/mol. The number of benzene rings is 2. The molecule has 4 rings (SSSR count). The van der Waals surface area contributed by atoms with Crippen molar-refractivity contribution in [2.45, 2.75) is 0 Å². The number of rotatable bonds is 6. The molecule has 0 saturated carbocycles. The van der Waals surface area contributed by atoms with Gasteiger partial charge in [-0.1, -0.05) is 24.3 Å². The lowest BCUT2D eigenvalue weighted by molar-refractivity contribution is 0.102. The Morgan fingerprint density at radius 1 is 1.00 bits per heavy atom. The lowest BCUT2D eigenvalue weighted by atomic mass is 10.1. The van der Waals surface area contributed by atoms with Crippen LogP contribution in [0.25, 0.3) is 11.4 Å². The SMILES string of the molecule is COc1cccc(Oc2ccc(NC(=O)c3ccccc3-c3nccn3C)cn2)c1. The zero-order valence-electron chi connectivity index (χ0n) is 16.6. The highest BCUT2D eigenvalue weighted by Crippen LogP contribution is 2.25. The van der Waals surface area contributed by atoms with Crippen molar-refractivity contribution in [1.29, 1.82) is 0 Å². The first-order chi connectivity index (χ1) is 14.6. The Morgan fingerprint density at radius 2 is 1.83 bits per heavy atom. The van der Waals surface area contributed by atoms with Crippen molar-refractivity contribution in [3.8, 4) is 28.8 Å². The number of amides is 1. The fraction of sp³-hybridized carbons (Fsp3) is 0.0870. The van der Waals surface area contributed by atoms with Crippen LogP contribution in [0.4, 0.5) is 5.69 Å². The molecule has 0 aliphatic carbocycles. The summed E-state index contributed by atoms with van der Waals surface area (Å²) in [6.07, 6.45) is 5.10. The lowest BCUT2D eigenvalue weighted by Crippen LogP contribution is -2.14. The van der Waals surface area contributed by atoms with Crippen molar-refractivity contribution < 1.29 is 14.3 Å². The molecule has 0 fully saturated rings. The summed E-state index contributed by atoms with van der Waals surface area (Å²) in [4.78, 5) is 21.5. The molecule has 0 atom stereocenters. The molecule has 0 saturated heterocycles. The number of methoxy groups -OCH3 is 1. The number of hydrogen-bond donors (Lipinski definition) is 1. The summed E-state index contributed by atoms with van der Waals surface area (Å²) >= 11 is 0. The highest BCUT2D eigenvalue weighted by atomic mass is 16.5. The molecule has 7 heteroatoms. The predicted molar refractivity (Wildman–Crippen MR) is 114 cm³/mol. The van der Waals surface area contributed by atoms with Gasteiger partial charge in [-0.2, -0.15) is 0 Å². The van der Waals surface area contributed by atoms with Crippen molar-refractivity contribution in [2.75, 3.05) is 12.4 Å². The summed E-state index contributed by atoms with van der Waals surface area (Å²) in [6, 6.07) is 18.0. The van der Waals surface area contributed by atoms with Crippen LogP contribution in [-0.2, 0) is 7.05 Å². The van der Waals surface area contributed by atoms with Gasteiger partial charge in [-0.15, -0.1) is 0 Å². The van der Waals surface area contributed by atoms with E-state index in [4.69, 9.17) is 9.47 Å². The van der Waals surface area contributed by atoms with Crippen LogP contribution in [0.3, 0.4) is 0 Å². The van der Waals surface area contributed by atoms with E-state index in [0.29, 0.717) is 28.6 Å². The average Bonchev–Trinajstić information content (AvgIpc) is 3.21. The number of carbonyl (C=O) groups excluding carboxylic acids is 1. The molecule has 1 amide bonds. The van der Waals surface area contributed by atoms with Crippen molar-refractivity contribution in [3.63, 3.8) is 0 Å². The molecule has 0 aliphatic rings. The number of aromatic nitrogens is 3. The van der Waals surface area contributed by atoms with E-state index in [0.717, 1.165) is 11.4 Å². The van der Waals surface area contributed by atoms with Crippen LogP contribution in [0.2, 0.25) is 0 Å². The van der Waals surface area contributed by atoms with E-state index in [1.54, 1.807) is 43.8 Å². The van der Waals surface area contributed by atoms with Gasteiger partial charge >= 0.3 is 0 Å². The molecule has 2 heterocycles. The second-order valence-electron chi connectivity index (χ2n) is 6.53. The smallest absolute Gasteiger partial charge is 0.256 e. The molecule has 2 aromatic carbocycles. The van der Waals surface area contributed by atoms with Gasteiger partial charge in [0.05, 0.1) is 24.6 Å². The molecule has 2 aromatic heterocycles. The van der Waals surface area contributed by atoms with E-state index >= 15 is 0 Å². The quantitative estimate of drug-likeness (QED) is 0.514. The van der Waals surface area contributed by atoms with E-state index < -0.39 is 0 Å². The Labute approximate surface area is 173 Å². The predicted octanol–water partition coefficient (Wildman–Crippen LogP) is 4.54. The van der Waals surface area contributed by atoms with E-state index in [-0.39, 0.29) is 5.91 Å². The molecular formula is C23H20N4O3. The molecular weight excluding hydrogens is 380 g/mol. The van der Waals surface area contributed by atoms with Gasteiger partial charge in [0.2, 0.25) is 5.88 Å². The minimum Gasteiger partial charge on any atom is -0.497 e. The second kappa shape index (κ2) is 8.48. The Bertz CT molecular complexity index is 1170. The summed E-state index contributed by atoms with van der Waals surface area (Å²) in [6.45, 7) is 0. The minimum absolute atomic E-state index is 0.239. The first kappa shape index (κ1) is 19.2. The molecule has 0 radical (unpaired) electrons. The number of imidazole rings is 1. The standard InChI is InChI=1S/C23H20N4O3/c1-27-13-12-24-22(27)19-8-3-4-9-20(19)23(28)26-16-10-11-21(25-15-16)30-18-7-5-6-17(14-18)29-2/h3-15H,1-2H3,(H,26,28). The maximum atomic E-state index is 12.9. The van der Waals surface area contributed by atoms with Gasteiger partial charge in [0.1, 0.15) is 17.3 Å². The van der Waals surface area contributed by atoms with Gasteiger partial charge in [-0.3, -0.25) is 4.79 Å². The van der Waals surface area contributed by atoms with Crippen molar-refractivity contribution in [2.24, 2.45) is 7.05 Å². The average molecular weight is 400 g/mol. The van der Waals surface area contributed by atoms with Gasteiger partial charge in [-0.25, -0.2) is 9.97 Å². The van der Waals surface area contributed by atoms with E-state index in [1.807, 2.05) is 54.2 Å². The molecule has 0 unspecified atom stereocenters. The number of hydrogen-bond acceptors (Lipinski definition) is 5. The molecule has 0 spiro atoms. The Hall–Kier alpha value is -4.13. The van der Waals surface area contributed by atoms with Gasteiger partial charge in [0.15, 0.2) is 0 Å². The Balaban J connectivity index is 1.49. The zero-order valence-corrected chi connectivity index (χ0v) is 16.6. The molecule has 7 nitrogen and oxygen atoms in total. The molecule has 0 bridgehead atoms. The fourth-order valence-electron chi connectivity index (χ4n) is 3.00. The number of ether oxygens (including phenoxy) is 2. The first-order valence-corrected chi connectivity index (χ1v) is 9.30. The molecule has 4 aromatic rings. The molecule has 1 N–H and O–H groups in total. The second-order valence-corrected chi connectivity index (χ2v) is 6.53. The molecule has 0 aliphatic heterocycles. The van der Waals surface area contributed by atoms with E-state index in [9.17, 15) is 4.79 Å². The first-order valence-electron chi connectivity index (χ1n) is 9.30. The van der Waals surface area contributed by atoms with E-state index in [2.05, 4.69) is 15.3 Å². The lowest BCUT2D eigenvalue weighted by Gasteiger charge is -2.11. The summed E-state index contributed by atoms with van der Waals surface area (Å²) in [5.74, 6) is 2.21. The van der Waals surface area contributed by atoms with Gasteiger partial charge in [0.25, 0.3) is 5.91 Å². The largest absolute Gasteiger partial charge is 0.497 e. The van der Waals surface area contributed by atoms with Crippen molar-refractivity contribution >= 4 is 11.6 Å². The summed E-state index contributed by atoms with van der Waals surface area (Å²) in [5.41, 5.74) is 1.85.